The summed E-state index contributed by atoms with van der Waals surface area (Å²) in [5.74, 6) is 0. The van der Waals surface area contributed by atoms with Gasteiger partial charge in [0.05, 0.1) is 6.10 Å². The Hall–Kier alpha value is -1.60. The van der Waals surface area contributed by atoms with Crippen LogP contribution in [0.15, 0.2) is 60.7 Å². The largest absolute Gasteiger partial charge is 0.388 e. The Morgan fingerprint density at radius 2 is 1.33 bits per heavy atom. The Morgan fingerprint density at radius 1 is 0.800 bits per heavy atom. The fourth-order valence-electron chi connectivity index (χ4n) is 1.63. The standard InChI is InChI=1S/C14H14O/c15-14(13-9-5-2-6-10-13)11-12-7-3-1-4-8-12/h1-10,14-15H,11H2/t14-/m0/s1. The minimum atomic E-state index is -0.409. The van der Waals surface area contributed by atoms with Gasteiger partial charge in [0.25, 0.3) is 0 Å². The van der Waals surface area contributed by atoms with Crippen LogP contribution in [0.3, 0.4) is 0 Å². The Bertz CT molecular complexity index is 394. The topological polar surface area (TPSA) is 20.2 Å². The van der Waals surface area contributed by atoms with E-state index in [1.165, 1.54) is 0 Å². The summed E-state index contributed by atoms with van der Waals surface area (Å²) < 4.78 is 0. The molecule has 0 spiro atoms. The minimum Gasteiger partial charge on any atom is -0.388 e. The molecule has 0 aliphatic heterocycles. The molecule has 0 amide bonds. The summed E-state index contributed by atoms with van der Waals surface area (Å²) >= 11 is 0. The van der Waals surface area contributed by atoms with Crippen LogP contribution in [0.5, 0.6) is 0 Å². The van der Waals surface area contributed by atoms with E-state index in [4.69, 9.17) is 0 Å². The van der Waals surface area contributed by atoms with E-state index in [1.54, 1.807) is 0 Å². The molecule has 0 saturated heterocycles. The fourth-order valence-corrected chi connectivity index (χ4v) is 1.63. The molecule has 0 heterocycles. The zero-order valence-corrected chi connectivity index (χ0v) is 8.51. The number of rotatable bonds is 3. The van der Waals surface area contributed by atoms with Crippen molar-refractivity contribution < 1.29 is 5.11 Å². The van der Waals surface area contributed by atoms with Crippen LogP contribution in [0.25, 0.3) is 0 Å². The van der Waals surface area contributed by atoms with Crippen molar-refractivity contribution in [3.8, 4) is 0 Å². The highest BCUT2D eigenvalue weighted by atomic mass is 16.3. The second-order valence-corrected chi connectivity index (χ2v) is 3.62. The van der Waals surface area contributed by atoms with E-state index in [0.29, 0.717) is 6.42 Å². The van der Waals surface area contributed by atoms with Gasteiger partial charge in [-0.1, -0.05) is 60.7 Å². The lowest BCUT2D eigenvalue weighted by Gasteiger charge is -2.10. The van der Waals surface area contributed by atoms with Crippen molar-refractivity contribution in [2.24, 2.45) is 0 Å². The van der Waals surface area contributed by atoms with Gasteiger partial charge in [0.1, 0.15) is 0 Å². The number of benzene rings is 2. The molecule has 1 atom stereocenters. The third-order valence-corrected chi connectivity index (χ3v) is 2.46. The molecule has 1 nitrogen and oxygen atoms in total. The van der Waals surface area contributed by atoms with Gasteiger partial charge in [-0.15, -0.1) is 0 Å². The lowest BCUT2D eigenvalue weighted by molar-refractivity contribution is 0.178. The van der Waals surface area contributed by atoms with Crippen molar-refractivity contribution in [2.45, 2.75) is 12.5 Å². The van der Waals surface area contributed by atoms with Gasteiger partial charge in [0.2, 0.25) is 0 Å². The monoisotopic (exact) mass is 198 g/mol. The summed E-state index contributed by atoms with van der Waals surface area (Å²) in [7, 11) is 0. The van der Waals surface area contributed by atoms with Gasteiger partial charge >= 0.3 is 0 Å². The maximum atomic E-state index is 9.97. The fraction of sp³-hybridized carbons (Fsp3) is 0.143. The van der Waals surface area contributed by atoms with Crippen molar-refractivity contribution in [2.75, 3.05) is 0 Å². The van der Waals surface area contributed by atoms with E-state index in [1.807, 2.05) is 60.7 Å². The number of aliphatic hydroxyl groups excluding tert-OH is 1. The molecule has 76 valence electrons. The lowest BCUT2D eigenvalue weighted by atomic mass is 10.0. The minimum absolute atomic E-state index is 0.409. The molecule has 0 unspecified atom stereocenters. The highest BCUT2D eigenvalue weighted by Gasteiger charge is 2.06. The maximum Gasteiger partial charge on any atom is 0.0830 e. The number of hydrogen-bond acceptors (Lipinski definition) is 1. The van der Waals surface area contributed by atoms with E-state index >= 15 is 0 Å². The molecular weight excluding hydrogens is 184 g/mol. The Morgan fingerprint density at radius 3 is 1.93 bits per heavy atom. The average molecular weight is 198 g/mol. The molecule has 1 N–H and O–H groups in total. The molecule has 15 heavy (non-hydrogen) atoms. The summed E-state index contributed by atoms with van der Waals surface area (Å²) in [5, 5.41) is 9.97. The van der Waals surface area contributed by atoms with E-state index in [-0.39, 0.29) is 0 Å². The summed E-state index contributed by atoms with van der Waals surface area (Å²) in [6, 6.07) is 19.8. The second kappa shape index (κ2) is 4.76. The van der Waals surface area contributed by atoms with Crippen molar-refractivity contribution in [1.82, 2.24) is 0 Å². The third kappa shape index (κ3) is 2.67. The zero-order valence-electron chi connectivity index (χ0n) is 8.51. The summed E-state index contributed by atoms with van der Waals surface area (Å²) in [6.07, 6.45) is 0.263. The summed E-state index contributed by atoms with van der Waals surface area (Å²) in [5.41, 5.74) is 2.13. The van der Waals surface area contributed by atoms with Crippen LogP contribution in [0, 0.1) is 0 Å². The molecule has 0 fully saturated rings. The van der Waals surface area contributed by atoms with Crippen molar-refractivity contribution >= 4 is 0 Å². The van der Waals surface area contributed by atoms with Crippen molar-refractivity contribution in [1.29, 1.82) is 0 Å². The van der Waals surface area contributed by atoms with Crippen LogP contribution in [-0.2, 0) is 6.42 Å². The average Bonchev–Trinajstić information content (AvgIpc) is 2.31. The lowest BCUT2D eigenvalue weighted by Crippen LogP contribution is -2.01. The third-order valence-electron chi connectivity index (χ3n) is 2.46. The van der Waals surface area contributed by atoms with Crippen molar-refractivity contribution in [3.63, 3.8) is 0 Å². The number of aliphatic hydroxyl groups is 1. The van der Waals surface area contributed by atoms with Gasteiger partial charge in [-0.3, -0.25) is 0 Å². The van der Waals surface area contributed by atoms with E-state index in [0.717, 1.165) is 11.1 Å². The van der Waals surface area contributed by atoms with Crippen molar-refractivity contribution in [3.05, 3.63) is 71.8 Å². The predicted molar refractivity (Wildman–Crippen MR) is 61.5 cm³/mol. The first-order valence-corrected chi connectivity index (χ1v) is 5.13. The highest BCUT2D eigenvalue weighted by molar-refractivity contribution is 5.22. The Balaban J connectivity index is 2.08. The summed E-state index contributed by atoms with van der Waals surface area (Å²) in [4.78, 5) is 0. The quantitative estimate of drug-likeness (QED) is 0.804. The molecule has 0 aliphatic rings. The van der Waals surface area contributed by atoms with Gasteiger partial charge < -0.3 is 5.11 Å². The van der Waals surface area contributed by atoms with Crippen LogP contribution in [-0.4, -0.2) is 5.11 Å². The highest BCUT2D eigenvalue weighted by Crippen LogP contribution is 2.17. The van der Waals surface area contributed by atoms with Gasteiger partial charge in [0, 0.05) is 6.42 Å². The predicted octanol–water partition coefficient (Wildman–Crippen LogP) is 2.96. The SMILES string of the molecule is O[C@@H](Cc1ccccc1)c1ccccc1. The molecule has 0 bridgehead atoms. The molecule has 0 aliphatic carbocycles. The van der Waals surface area contributed by atoms with Crippen LogP contribution in [0.4, 0.5) is 0 Å². The molecule has 0 aromatic heterocycles. The second-order valence-electron chi connectivity index (χ2n) is 3.62. The first-order chi connectivity index (χ1) is 7.36. The smallest absolute Gasteiger partial charge is 0.0830 e. The molecule has 1 heteroatoms. The first kappa shape index (κ1) is 9.94. The molecule has 2 rings (SSSR count). The number of hydrogen-bond donors (Lipinski definition) is 1. The van der Waals surface area contributed by atoms with E-state index in [2.05, 4.69) is 0 Å². The van der Waals surface area contributed by atoms with Gasteiger partial charge in [-0.05, 0) is 11.1 Å². The zero-order chi connectivity index (χ0) is 10.5. The maximum absolute atomic E-state index is 9.97. The normalized spacial score (nSPS) is 12.3. The van der Waals surface area contributed by atoms with E-state index < -0.39 is 6.10 Å². The van der Waals surface area contributed by atoms with Gasteiger partial charge in [0.15, 0.2) is 0 Å². The molecule has 2 aromatic carbocycles. The summed E-state index contributed by atoms with van der Waals surface area (Å²) in [6.45, 7) is 0. The Kier molecular flexibility index (Phi) is 3.15. The first-order valence-electron chi connectivity index (χ1n) is 5.13. The van der Waals surface area contributed by atoms with Crippen LogP contribution >= 0.6 is 0 Å². The van der Waals surface area contributed by atoms with Crippen LogP contribution in [0.2, 0.25) is 0 Å². The molecule has 0 saturated carbocycles. The molecular formula is C14H14O. The van der Waals surface area contributed by atoms with Crippen LogP contribution in [0.1, 0.15) is 17.2 Å². The molecule has 0 radical (unpaired) electrons. The Labute approximate surface area is 90.0 Å². The van der Waals surface area contributed by atoms with Gasteiger partial charge in [-0.25, -0.2) is 0 Å². The van der Waals surface area contributed by atoms with Gasteiger partial charge in [-0.2, -0.15) is 0 Å². The van der Waals surface area contributed by atoms with Crippen LogP contribution < -0.4 is 0 Å². The van der Waals surface area contributed by atoms with E-state index in [9.17, 15) is 5.11 Å². The molecule has 2 aromatic rings.